The van der Waals surface area contributed by atoms with E-state index in [1.807, 2.05) is 6.92 Å². The van der Waals surface area contributed by atoms with E-state index >= 15 is 0 Å². The largest absolute Gasteiger partial charge is 0.315 e. The zero-order valence-electron chi connectivity index (χ0n) is 9.01. The zero-order chi connectivity index (χ0) is 10.9. The Labute approximate surface area is 102 Å². The molecule has 0 amide bonds. The molecular formula is C10H15ClN2O2S. The molecule has 1 aromatic rings. The molecule has 1 aromatic heterocycles. The van der Waals surface area contributed by atoms with Gasteiger partial charge in [-0.2, -0.15) is 0 Å². The number of hydrogen-bond acceptors (Lipinski definition) is 4. The smallest absolute Gasteiger partial charge is 0.199 e. The molecule has 0 spiro atoms. The van der Waals surface area contributed by atoms with E-state index in [4.69, 9.17) is 0 Å². The highest BCUT2D eigenvalue weighted by molar-refractivity contribution is 7.92. The van der Waals surface area contributed by atoms with Gasteiger partial charge in [-0.25, -0.2) is 13.4 Å². The Kier molecular flexibility index (Phi) is 4.29. The SMILES string of the molecule is Cc1ccnc(S(=O)(=O)[C@@H]2CCNC2)c1.Cl. The molecule has 1 aliphatic rings. The van der Waals surface area contributed by atoms with E-state index in [0.29, 0.717) is 13.0 Å². The first-order valence-corrected chi connectivity index (χ1v) is 6.52. The molecular weight excluding hydrogens is 248 g/mol. The Bertz CT molecular complexity index is 456. The summed E-state index contributed by atoms with van der Waals surface area (Å²) in [6.45, 7) is 3.18. The topological polar surface area (TPSA) is 59.1 Å². The number of hydrogen-bond donors (Lipinski definition) is 1. The van der Waals surface area contributed by atoms with Crippen molar-refractivity contribution >= 4 is 22.2 Å². The minimum absolute atomic E-state index is 0. The fraction of sp³-hybridized carbons (Fsp3) is 0.500. The highest BCUT2D eigenvalue weighted by Gasteiger charge is 2.31. The van der Waals surface area contributed by atoms with Gasteiger partial charge < -0.3 is 5.32 Å². The highest BCUT2D eigenvalue weighted by atomic mass is 35.5. The van der Waals surface area contributed by atoms with Crippen LogP contribution >= 0.6 is 12.4 Å². The summed E-state index contributed by atoms with van der Waals surface area (Å²) in [4.78, 5) is 3.94. The first kappa shape index (κ1) is 13.4. The number of aryl methyl sites for hydroxylation is 1. The predicted octanol–water partition coefficient (Wildman–Crippen LogP) is 0.947. The van der Waals surface area contributed by atoms with Gasteiger partial charge in [-0.3, -0.25) is 0 Å². The summed E-state index contributed by atoms with van der Waals surface area (Å²) in [7, 11) is -3.23. The molecule has 6 heteroatoms. The van der Waals surface area contributed by atoms with E-state index in [9.17, 15) is 8.42 Å². The Morgan fingerprint density at radius 1 is 1.50 bits per heavy atom. The second-order valence-corrected chi connectivity index (χ2v) is 6.01. The Morgan fingerprint density at radius 2 is 2.25 bits per heavy atom. The second kappa shape index (κ2) is 5.12. The van der Waals surface area contributed by atoms with Gasteiger partial charge in [0.2, 0.25) is 0 Å². The van der Waals surface area contributed by atoms with Crippen molar-refractivity contribution in [2.24, 2.45) is 0 Å². The van der Waals surface area contributed by atoms with Crippen LogP contribution in [0.25, 0.3) is 0 Å². The second-order valence-electron chi connectivity index (χ2n) is 3.83. The molecule has 1 fully saturated rings. The third-order valence-electron chi connectivity index (χ3n) is 2.64. The third-order valence-corrected chi connectivity index (χ3v) is 4.72. The van der Waals surface area contributed by atoms with Crippen LogP contribution in [-0.2, 0) is 9.84 Å². The molecule has 1 aliphatic heterocycles. The van der Waals surface area contributed by atoms with Crippen molar-refractivity contribution < 1.29 is 8.42 Å². The van der Waals surface area contributed by atoms with Gasteiger partial charge in [-0.15, -0.1) is 12.4 Å². The molecule has 1 saturated heterocycles. The molecule has 4 nitrogen and oxygen atoms in total. The van der Waals surface area contributed by atoms with Gasteiger partial charge in [0.1, 0.15) is 0 Å². The van der Waals surface area contributed by atoms with E-state index in [2.05, 4.69) is 10.3 Å². The van der Waals surface area contributed by atoms with Crippen LogP contribution in [-0.4, -0.2) is 31.7 Å². The number of nitrogens with zero attached hydrogens (tertiary/aromatic N) is 1. The lowest BCUT2D eigenvalue weighted by Crippen LogP contribution is -2.24. The van der Waals surface area contributed by atoms with Gasteiger partial charge in [-0.05, 0) is 37.6 Å². The number of sulfone groups is 1. The Hall–Kier alpha value is -0.650. The molecule has 2 heterocycles. The molecule has 0 bridgehead atoms. The lowest BCUT2D eigenvalue weighted by molar-refractivity contribution is 0.579. The van der Waals surface area contributed by atoms with Crippen molar-refractivity contribution in [3.8, 4) is 0 Å². The summed E-state index contributed by atoms with van der Waals surface area (Å²) in [6, 6.07) is 3.43. The fourth-order valence-corrected chi connectivity index (χ4v) is 3.39. The molecule has 0 unspecified atom stereocenters. The lowest BCUT2D eigenvalue weighted by atomic mass is 10.3. The van der Waals surface area contributed by atoms with Crippen LogP contribution in [0.1, 0.15) is 12.0 Å². The molecule has 16 heavy (non-hydrogen) atoms. The van der Waals surface area contributed by atoms with Crippen LogP contribution < -0.4 is 5.32 Å². The third kappa shape index (κ3) is 2.53. The molecule has 1 N–H and O–H groups in total. The minimum Gasteiger partial charge on any atom is -0.315 e. The van der Waals surface area contributed by atoms with E-state index < -0.39 is 9.84 Å². The van der Waals surface area contributed by atoms with Crippen LogP contribution in [0.15, 0.2) is 23.4 Å². The summed E-state index contributed by atoms with van der Waals surface area (Å²) < 4.78 is 24.2. The van der Waals surface area contributed by atoms with Crippen molar-refractivity contribution in [2.75, 3.05) is 13.1 Å². The Morgan fingerprint density at radius 3 is 2.81 bits per heavy atom. The lowest BCUT2D eigenvalue weighted by Gasteiger charge is -2.09. The van der Waals surface area contributed by atoms with Crippen molar-refractivity contribution in [3.05, 3.63) is 23.9 Å². The molecule has 1 atom stereocenters. The maximum absolute atomic E-state index is 12.1. The van der Waals surface area contributed by atoms with Crippen molar-refractivity contribution in [2.45, 2.75) is 23.6 Å². The monoisotopic (exact) mass is 262 g/mol. The molecule has 0 saturated carbocycles. The van der Waals surface area contributed by atoms with Gasteiger partial charge in [0.25, 0.3) is 0 Å². The summed E-state index contributed by atoms with van der Waals surface area (Å²) >= 11 is 0. The van der Waals surface area contributed by atoms with Crippen LogP contribution in [0, 0.1) is 6.92 Å². The molecule has 0 aromatic carbocycles. The van der Waals surface area contributed by atoms with Crippen LogP contribution in [0.5, 0.6) is 0 Å². The summed E-state index contributed by atoms with van der Waals surface area (Å²) in [5.41, 5.74) is 0.925. The predicted molar refractivity (Wildman–Crippen MR) is 64.7 cm³/mol. The van der Waals surface area contributed by atoms with Gasteiger partial charge in [0.05, 0.1) is 5.25 Å². The van der Waals surface area contributed by atoms with Crippen molar-refractivity contribution in [1.29, 1.82) is 0 Å². The zero-order valence-corrected chi connectivity index (χ0v) is 10.6. The maximum atomic E-state index is 12.1. The molecule has 0 radical (unpaired) electrons. The summed E-state index contributed by atoms with van der Waals surface area (Å²) in [5, 5.41) is 2.95. The average Bonchev–Trinajstić information content (AvgIpc) is 2.71. The molecule has 0 aliphatic carbocycles. The standard InChI is InChI=1S/C10H14N2O2S.ClH/c1-8-2-5-12-10(6-8)15(13,14)9-3-4-11-7-9;/h2,5-6,9,11H,3-4,7H2,1H3;1H/t9-;/m1./s1. The molecule has 2 rings (SSSR count). The minimum atomic E-state index is -3.23. The van der Waals surface area contributed by atoms with Gasteiger partial charge in [0, 0.05) is 12.7 Å². The summed E-state index contributed by atoms with van der Waals surface area (Å²) in [6.07, 6.45) is 2.22. The normalized spacial score (nSPS) is 20.4. The van der Waals surface area contributed by atoms with E-state index in [-0.39, 0.29) is 22.7 Å². The number of rotatable bonds is 2. The van der Waals surface area contributed by atoms with Gasteiger partial charge in [-0.1, -0.05) is 0 Å². The molecule has 90 valence electrons. The van der Waals surface area contributed by atoms with Gasteiger partial charge in [0.15, 0.2) is 14.9 Å². The van der Waals surface area contributed by atoms with Crippen molar-refractivity contribution in [3.63, 3.8) is 0 Å². The number of aromatic nitrogens is 1. The summed E-state index contributed by atoms with van der Waals surface area (Å²) in [5.74, 6) is 0. The quantitative estimate of drug-likeness (QED) is 0.862. The van der Waals surface area contributed by atoms with Crippen LogP contribution in [0.4, 0.5) is 0 Å². The van der Waals surface area contributed by atoms with Crippen LogP contribution in [0.3, 0.4) is 0 Å². The Balaban J connectivity index is 0.00000128. The van der Waals surface area contributed by atoms with E-state index in [0.717, 1.165) is 12.1 Å². The van der Waals surface area contributed by atoms with Crippen molar-refractivity contribution in [1.82, 2.24) is 10.3 Å². The van der Waals surface area contributed by atoms with Crippen LogP contribution in [0.2, 0.25) is 0 Å². The number of nitrogens with one attached hydrogen (secondary N) is 1. The van der Waals surface area contributed by atoms with Gasteiger partial charge >= 0.3 is 0 Å². The van der Waals surface area contributed by atoms with E-state index in [1.165, 1.54) is 0 Å². The first-order chi connectivity index (χ1) is 7.10. The van der Waals surface area contributed by atoms with E-state index in [1.54, 1.807) is 18.3 Å². The fourth-order valence-electron chi connectivity index (χ4n) is 1.73. The first-order valence-electron chi connectivity index (χ1n) is 4.98. The number of halogens is 1. The average molecular weight is 263 g/mol. The maximum Gasteiger partial charge on any atom is 0.199 e. The highest BCUT2D eigenvalue weighted by Crippen LogP contribution is 2.18. The number of pyridine rings is 1.